The number of urea groups is 1. The third-order valence-electron chi connectivity index (χ3n) is 2.23. The summed E-state index contributed by atoms with van der Waals surface area (Å²) >= 11 is 0. The van der Waals surface area contributed by atoms with Crippen LogP contribution in [-0.4, -0.2) is 42.3 Å². The van der Waals surface area contributed by atoms with Crippen molar-refractivity contribution >= 4 is 18.0 Å². The van der Waals surface area contributed by atoms with Gasteiger partial charge in [-0.1, -0.05) is 13.8 Å². The third kappa shape index (κ3) is 8.87. The number of carboxylic acids is 1. The van der Waals surface area contributed by atoms with Crippen LogP contribution in [0.15, 0.2) is 0 Å². The lowest BCUT2D eigenvalue weighted by Crippen LogP contribution is -2.47. The lowest BCUT2D eigenvalue weighted by molar-refractivity contribution is -0.143. The van der Waals surface area contributed by atoms with E-state index in [2.05, 4.69) is 10.6 Å². The van der Waals surface area contributed by atoms with Gasteiger partial charge in [0.1, 0.15) is 6.04 Å². The van der Waals surface area contributed by atoms with Gasteiger partial charge in [0.25, 0.3) is 0 Å². The van der Waals surface area contributed by atoms with Gasteiger partial charge in [0.2, 0.25) is 0 Å². The number of carbonyl (C=O) groups excluding carboxylic acids is 2. The molecule has 0 aromatic carbocycles. The Bertz CT molecular complexity index is 317. The molecule has 0 fully saturated rings. The zero-order valence-electron chi connectivity index (χ0n) is 11.6. The minimum absolute atomic E-state index is 0.0587. The number of esters is 1. The molecule has 0 rings (SSSR count). The largest absolute Gasteiger partial charge is 0.480 e. The summed E-state index contributed by atoms with van der Waals surface area (Å²) in [7, 11) is 0. The number of hydrogen-bond donors (Lipinski definition) is 3. The van der Waals surface area contributed by atoms with Crippen molar-refractivity contribution in [2.45, 2.75) is 39.7 Å². The Hall–Kier alpha value is -1.79. The van der Waals surface area contributed by atoms with Crippen molar-refractivity contribution < 1.29 is 24.2 Å². The molecule has 0 aliphatic heterocycles. The molecule has 0 aromatic heterocycles. The third-order valence-corrected chi connectivity index (χ3v) is 2.23. The van der Waals surface area contributed by atoms with Gasteiger partial charge in [-0.05, 0) is 19.3 Å². The normalized spacial score (nSPS) is 11.8. The first-order valence-electron chi connectivity index (χ1n) is 6.29. The minimum Gasteiger partial charge on any atom is -0.480 e. The van der Waals surface area contributed by atoms with E-state index in [1.54, 1.807) is 6.92 Å². The molecule has 0 radical (unpaired) electrons. The van der Waals surface area contributed by atoms with Crippen molar-refractivity contribution in [2.75, 3.05) is 13.2 Å². The van der Waals surface area contributed by atoms with Crippen LogP contribution in [0.4, 0.5) is 4.79 Å². The summed E-state index contributed by atoms with van der Waals surface area (Å²) in [6.45, 7) is 5.84. The molecule has 0 saturated heterocycles. The predicted molar refractivity (Wildman–Crippen MR) is 68.7 cm³/mol. The first-order chi connectivity index (χ1) is 8.86. The molecule has 0 aromatic rings. The first-order valence-corrected chi connectivity index (χ1v) is 6.29. The minimum atomic E-state index is -1.07. The highest BCUT2D eigenvalue weighted by molar-refractivity contribution is 5.82. The summed E-state index contributed by atoms with van der Waals surface area (Å²) < 4.78 is 4.69. The molecule has 0 heterocycles. The second-order valence-corrected chi connectivity index (χ2v) is 4.48. The highest BCUT2D eigenvalue weighted by Crippen LogP contribution is 2.04. The predicted octanol–water partition coefficient (Wildman–Crippen LogP) is 0.738. The fraction of sp³-hybridized carbons (Fsp3) is 0.750. The average Bonchev–Trinajstić information content (AvgIpc) is 2.27. The smallest absolute Gasteiger partial charge is 0.326 e. The molecule has 0 aliphatic rings. The van der Waals surface area contributed by atoms with Crippen LogP contribution in [0.2, 0.25) is 0 Å². The fourth-order valence-electron chi connectivity index (χ4n) is 1.41. The van der Waals surface area contributed by atoms with Gasteiger partial charge in [0.15, 0.2) is 0 Å². The maximum Gasteiger partial charge on any atom is 0.326 e. The molecule has 0 saturated carbocycles. The monoisotopic (exact) mass is 274 g/mol. The number of aliphatic carboxylic acids is 1. The summed E-state index contributed by atoms with van der Waals surface area (Å²) in [6.07, 6.45) is 0.407. The van der Waals surface area contributed by atoms with Crippen LogP contribution in [0.1, 0.15) is 33.6 Å². The van der Waals surface area contributed by atoms with Crippen molar-refractivity contribution in [3.8, 4) is 0 Å². The van der Waals surface area contributed by atoms with E-state index < -0.39 is 24.0 Å². The second kappa shape index (κ2) is 9.18. The Kier molecular flexibility index (Phi) is 8.32. The molecule has 0 bridgehead atoms. The van der Waals surface area contributed by atoms with Gasteiger partial charge in [-0.3, -0.25) is 4.79 Å². The number of hydrogen-bond acceptors (Lipinski definition) is 4. The highest BCUT2D eigenvalue weighted by Gasteiger charge is 2.20. The Morgan fingerprint density at radius 1 is 1.26 bits per heavy atom. The van der Waals surface area contributed by atoms with Crippen LogP contribution in [0.25, 0.3) is 0 Å². The van der Waals surface area contributed by atoms with Crippen molar-refractivity contribution in [1.82, 2.24) is 10.6 Å². The van der Waals surface area contributed by atoms with Crippen LogP contribution < -0.4 is 10.6 Å². The maximum atomic E-state index is 11.4. The van der Waals surface area contributed by atoms with Crippen molar-refractivity contribution in [1.29, 1.82) is 0 Å². The quantitative estimate of drug-likeness (QED) is 0.566. The summed E-state index contributed by atoms with van der Waals surface area (Å²) in [5.41, 5.74) is 0. The van der Waals surface area contributed by atoms with Gasteiger partial charge in [-0.2, -0.15) is 0 Å². The Labute approximate surface area is 112 Å². The Morgan fingerprint density at radius 2 is 1.89 bits per heavy atom. The number of ether oxygens (including phenoxy) is 1. The van der Waals surface area contributed by atoms with E-state index in [0.717, 1.165) is 0 Å². The lowest BCUT2D eigenvalue weighted by atomic mass is 10.0. The number of carbonyl (C=O) groups is 3. The van der Waals surface area contributed by atoms with Crippen LogP contribution in [0.5, 0.6) is 0 Å². The van der Waals surface area contributed by atoms with E-state index in [1.807, 2.05) is 13.8 Å². The lowest BCUT2D eigenvalue weighted by Gasteiger charge is -2.16. The molecule has 7 heteroatoms. The molecule has 110 valence electrons. The SMILES string of the molecule is CCOC(=O)CCNC(=O)NC(CC(C)C)C(=O)O. The standard InChI is InChI=1S/C12H22N2O5/c1-4-19-10(15)5-6-13-12(18)14-9(11(16)17)7-8(2)3/h8-9H,4-7H2,1-3H3,(H,16,17)(H2,13,14,18). The molecule has 19 heavy (non-hydrogen) atoms. The summed E-state index contributed by atoms with van der Waals surface area (Å²) in [5, 5.41) is 13.7. The van der Waals surface area contributed by atoms with E-state index in [0.29, 0.717) is 13.0 Å². The summed E-state index contributed by atoms with van der Waals surface area (Å²) in [6, 6.07) is -1.53. The van der Waals surface area contributed by atoms with Crippen LogP contribution in [0, 0.1) is 5.92 Å². The topological polar surface area (TPSA) is 105 Å². The van der Waals surface area contributed by atoms with Crippen LogP contribution in [0.3, 0.4) is 0 Å². The van der Waals surface area contributed by atoms with E-state index in [1.165, 1.54) is 0 Å². The van der Waals surface area contributed by atoms with Gasteiger partial charge < -0.3 is 20.5 Å². The van der Waals surface area contributed by atoms with Gasteiger partial charge in [-0.15, -0.1) is 0 Å². The second-order valence-electron chi connectivity index (χ2n) is 4.48. The van der Waals surface area contributed by atoms with Crippen LogP contribution >= 0.6 is 0 Å². The molecular formula is C12H22N2O5. The molecule has 7 nitrogen and oxygen atoms in total. The van der Waals surface area contributed by atoms with Gasteiger partial charge >= 0.3 is 18.0 Å². The average molecular weight is 274 g/mol. The van der Waals surface area contributed by atoms with Crippen molar-refractivity contribution in [3.05, 3.63) is 0 Å². The Morgan fingerprint density at radius 3 is 2.37 bits per heavy atom. The first kappa shape index (κ1) is 17.2. The Balaban J connectivity index is 4.00. The maximum absolute atomic E-state index is 11.4. The summed E-state index contributed by atoms with van der Waals surface area (Å²) in [5.74, 6) is -1.32. The van der Waals surface area contributed by atoms with Gasteiger partial charge in [0.05, 0.1) is 13.0 Å². The summed E-state index contributed by atoms with van der Waals surface area (Å²) in [4.78, 5) is 33.4. The zero-order chi connectivity index (χ0) is 14.8. The van der Waals surface area contributed by atoms with Crippen molar-refractivity contribution in [2.24, 2.45) is 5.92 Å². The van der Waals surface area contributed by atoms with Crippen LogP contribution in [-0.2, 0) is 14.3 Å². The van der Waals surface area contributed by atoms with E-state index in [9.17, 15) is 14.4 Å². The molecule has 1 atom stereocenters. The molecular weight excluding hydrogens is 252 g/mol. The van der Waals surface area contributed by atoms with Gasteiger partial charge in [0, 0.05) is 6.54 Å². The number of carboxylic acid groups (broad SMARTS) is 1. The number of nitrogens with one attached hydrogen (secondary N) is 2. The molecule has 1 unspecified atom stereocenters. The zero-order valence-corrected chi connectivity index (χ0v) is 11.6. The van der Waals surface area contributed by atoms with Crippen molar-refractivity contribution in [3.63, 3.8) is 0 Å². The molecule has 0 aliphatic carbocycles. The fourth-order valence-corrected chi connectivity index (χ4v) is 1.41. The molecule has 0 spiro atoms. The molecule has 2 amide bonds. The van der Waals surface area contributed by atoms with Gasteiger partial charge in [-0.25, -0.2) is 9.59 Å². The highest BCUT2D eigenvalue weighted by atomic mass is 16.5. The number of amides is 2. The van der Waals surface area contributed by atoms with E-state index in [-0.39, 0.29) is 18.9 Å². The molecule has 3 N–H and O–H groups in total. The van der Waals surface area contributed by atoms with E-state index >= 15 is 0 Å². The van der Waals surface area contributed by atoms with E-state index in [4.69, 9.17) is 9.84 Å². The number of rotatable bonds is 8.